The van der Waals surface area contributed by atoms with E-state index in [4.69, 9.17) is 9.72 Å². The van der Waals surface area contributed by atoms with E-state index in [0.717, 1.165) is 40.9 Å². The topological polar surface area (TPSA) is 67.3 Å². The summed E-state index contributed by atoms with van der Waals surface area (Å²) in [6, 6.07) is 19.7. The maximum Gasteiger partial charge on any atom is 0.251 e. The minimum atomic E-state index is -0.0761. The van der Waals surface area contributed by atoms with Crippen LogP contribution in [0.3, 0.4) is 0 Å². The SMILES string of the molecule is COCc1cc(N2CCCC2)nc(SCc2cccc(C(=O)N[C@H](C)c3ccccc3)c2)n1. The molecule has 6 nitrogen and oxygen atoms in total. The molecule has 0 aliphatic carbocycles. The van der Waals surface area contributed by atoms with Crippen LogP contribution in [0.15, 0.2) is 65.8 Å². The van der Waals surface area contributed by atoms with Gasteiger partial charge in [-0.3, -0.25) is 4.79 Å². The molecule has 33 heavy (non-hydrogen) atoms. The fourth-order valence-corrected chi connectivity index (χ4v) is 4.72. The quantitative estimate of drug-likeness (QED) is 0.356. The molecule has 1 amide bonds. The molecular formula is C26H30N4O2S. The fraction of sp³-hybridized carbons (Fsp3) is 0.346. The second-order valence-electron chi connectivity index (χ2n) is 8.22. The Kier molecular flexibility index (Phi) is 7.96. The molecule has 0 saturated carbocycles. The van der Waals surface area contributed by atoms with Crippen LogP contribution in [0.2, 0.25) is 0 Å². The fourth-order valence-electron chi connectivity index (χ4n) is 3.91. The molecule has 1 atom stereocenters. The van der Waals surface area contributed by atoms with E-state index in [9.17, 15) is 4.79 Å². The van der Waals surface area contributed by atoms with Crippen LogP contribution in [0.5, 0.6) is 0 Å². The predicted molar refractivity (Wildman–Crippen MR) is 133 cm³/mol. The summed E-state index contributed by atoms with van der Waals surface area (Å²) in [5, 5.41) is 3.82. The molecule has 2 aromatic carbocycles. The molecule has 1 fully saturated rings. The van der Waals surface area contributed by atoms with Gasteiger partial charge in [0.05, 0.1) is 18.3 Å². The lowest BCUT2D eigenvalue weighted by molar-refractivity contribution is 0.0940. The number of nitrogens with one attached hydrogen (secondary N) is 1. The van der Waals surface area contributed by atoms with Crippen molar-refractivity contribution < 1.29 is 9.53 Å². The van der Waals surface area contributed by atoms with E-state index in [1.54, 1.807) is 18.9 Å². The third kappa shape index (κ3) is 6.33. The number of hydrogen-bond acceptors (Lipinski definition) is 6. The highest BCUT2D eigenvalue weighted by molar-refractivity contribution is 7.98. The third-order valence-corrected chi connectivity index (χ3v) is 6.59. The highest BCUT2D eigenvalue weighted by atomic mass is 32.2. The molecule has 1 aliphatic rings. The number of benzene rings is 2. The van der Waals surface area contributed by atoms with E-state index >= 15 is 0 Å². The zero-order valence-corrected chi connectivity index (χ0v) is 20.0. The van der Waals surface area contributed by atoms with Crippen molar-refractivity contribution in [3.63, 3.8) is 0 Å². The van der Waals surface area contributed by atoms with Crippen molar-refractivity contribution in [1.82, 2.24) is 15.3 Å². The molecule has 1 N–H and O–H groups in total. The van der Waals surface area contributed by atoms with Crippen LogP contribution in [0.1, 0.15) is 53.0 Å². The number of carbonyl (C=O) groups is 1. The number of anilines is 1. The Morgan fingerprint density at radius 2 is 1.88 bits per heavy atom. The van der Waals surface area contributed by atoms with E-state index in [1.807, 2.05) is 67.6 Å². The molecule has 172 valence electrons. The lowest BCUT2D eigenvalue weighted by atomic mass is 10.1. The van der Waals surface area contributed by atoms with Gasteiger partial charge in [0.25, 0.3) is 5.91 Å². The smallest absolute Gasteiger partial charge is 0.251 e. The van der Waals surface area contributed by atoms with E-state index < -0.39 is 0 Å². The van der Waals surface area contributed by atoms with Gasteiger partial charge in [-0.05, 0) is 43.0 Å². The Balaban J connectivity index is 1.42. The second kappa shape index (κ2) is 11.3. The van der Waals surface area contributed by atoms with Crippen molar-refractivity contribution in [1.29, 1.82) is 0 Å². The van der Waals surface area contributed by atoms with Gasteiger partial charge in [-0.15, -0.1) is 0 Å². The number of carbonyl (C=O) groups excluding carboxylic acids is 1. The van der Waals surface area contributed by atoms with E-state index in [0.29, 0.717) is 17.9 Å². The number of methoxy groups -OCH3 is 1. The number of hydrogen-bond donors (Lipinski definition) is 1. The van der Waals surface area contributed by atoms with Crippen LogP contribution in [-0.4, -0.2) is 36.1 Å². The number of nitrogens with zero attached hydrogens (tertiary/aromatic N) is 3. The molecule has 2 heterocycles. The first-order valence-electron chi connectivity index (χ1n) is 11.3. The van der Waals surface area contributed by atoms with Gasteiger partial charge in [-0.1, -0.05) is 54.2 Å². The molecule has 1 aliphatic heterocycles. The van der Waals surface area contributed by atoms with Gasteiger partial charge in [-0.25, -0.2) is 9.97 Å². The molecular weight excluding hydrogens is 432 g/mol. The largest absolute Gasteiger partial charge is 0.378 e. The van der Waals surface area contributed by atoms with Gasteiger partial charge in [-0.2, -0.15) is 0 Å². The minimum Gasteiger partial charge on any atom is -0.378 e. The standard InChI is InChI=1S/C26H30N4O2S/c1-19(21-10-4-3-5-11-21)27-25(31)22-12-8-9-20(15-22)18-33-26-28-23(17-32-2)16-24(29-26)30-13-6-7-14-30/h3-5,8-12,15-16,19H,6-7,13-14,17-18H2,1-2H3,(H,27,31)/t19-/m1/s1. The van der Waals surface area contributed by atoms with Gasteiger partial charge >= 0.3 is 0 Å². The second-order valence-corrected chi connectivity index (χ2v) is 9.16. The first kappa shape index (κ1) is 23.3. The molecule has 0 bridgehead atoms. The maximum absolute atomic E-state index is 12.8. The first-order chi connectivity index (χ1) is 16.1. The zero-order valence-electron chi connectivity index (χ0n) is 19.2. The Labute approximate surface area is 199 Å². The van der Waals surface area contributed by atoms with Gasteiger partial charge in [0.1, 0.15) is 5.82 Å². The average molecular weight is 463 g/mol. The Hall–Kier alpha value is -2.90. The van der Waals surface area contributed by atoms with Crippen molar-refractivity contribution in [3.05, 3.63) is 83.0 Å². The van der Waals surface area contributed by atoms with Crippen molar-refractivity contribution >= 4 is 23.5 Å². The van der Waals surface area contributed by atoms with Crippen molar-refractivity contribution in [3.8, 4) is 0 Å². The first-order valence-corrected chi connectivity index (χ1v) is 12.3. The van der Waals surface area contributed by atoms with Crippen LogP contribution < -0.4 is 10.2 Å². The molecule has 0 unspecified atom stereocenters. The summed E-state index contributed by atoms with van der Waals surface area (Å²) in [7, 11) is 1.68. The number of ether oxygens (including phenoxy) is 1. The van der Waals surface area contributed by atoms with E-state index in [1.165, 1.54) is 12.8 Å². The Bertz CT molecular complexity index is 1070. The van der Waals surface area contributed by atoms with Crippen LogP contribution in [-0.2, 0) is 17.1 Å². The zero-order chi connectivity index (χ0) is 23.0. The van der Waals surface area contributed by atoms with Crippen molar-refractivity contribution in [2.75, 3.05) is 25.1 Å². The highest BCUT2D eigenvalue weighted by Gasteiger charge is 2.17. The predicted octanol–water partition coefficient (Wildman–Crippen LogP) is 5.01. The number of thioether (sulfide) groups is 1. The third-order valence-electron chi connectivity index (χ3n) is 5.67. The molecule has 1 aromatic heterocycles. The van der Waals surface area contributed by atoms with Gasteiger partial charge in [0.15, 0.2) is 5.16 Å². The van der Waals surface area contributed by atoms with Crippen LogP contribution in [0, 0.1) is 0 Å². The lowest BCUT2D eigenvalue weighted by Gasteiger charge is -2.18. The van der Waals surface area contributed by atoms with Crippen LogP contribution in [0.25, 0.3) is 0 Å². The summed E-state index contributed by atoms with van der Waals surface area (Å²) in [6.45, 7) is 4.53. The summed E-state index contributed by atoms with van der Waals surface area (Å²) in [4.78, 5) is 24.6. The Morgan fingerprint density at radius 3 is 2.64 bits per heavy atom. The average Bonchev–Trinajstić information content (AvgIpc) is 3.39. The molecule has 0 spiro atoms. The monoisotopic (exact) mass is 462 g/mol. The summed E-state index contributed by atoms with van der Waals surface area (Å²) in [5.41, 5.74) is 3.69. The van der Waals surface area contributed by atoms with Crippen molar-refractivity contribution in [2.45, 2.75) is 43.3 Å². The van der Waals surface area contributed by atoms with Gasteiger partial charge < -0.3 is 15.0 Å². The molecule has 4 rings (SSSR count). The number of amides is 1. The lowest BCUT2D eigenvalue weighted by Crippen LogP contribution is -2.26. The summed E-state index contributed by atoms with van der Waals surface area (Å²) in [5.74, 6) is 1.58. The Morgan fingerprint density at radius 1 is 1.09 bits per heavy atom. The highest BCUT2D eigenvalue weighted by Crippen LogP contribution is 2.25. The van der Waals surface area contributed by atoms with Crippen LogP contribution >= 0.6 is 11.8 Å². The normalized spacial score (nSPS) is 14.3. The number of rotatable bonds is 9. The van der Waals surface area contributed by atoms with E-state index in [2.05, 4.69) is 15.2 Å². The molecule has 0 radical (unpaired) electrons. The summed E-state index contributed by atoms with van der Waals surface area (Å²) >= 11 is 1.58. The van der Waals surface area contributed by atoms with Crippen molar-refractivity contribution in [2.24, 2.45) is 0 Å². The van der Waals surface area contributed by atoms with Gasteiger partial charge in [0.2, 0.25) is 0 Å². The molecule has 3 aromatic rings. The summed E-state index contributed by atoms with van der Waals surface area (Å²) < 4.78 is 5.31. The number of aromatic nitrogens is 2. The molecule has 1 saturated heterocycles. The van der Waals surface area contributed by atoms with Crippen LogP contribution in [0.4, 0.5) is 5.82 Å². The minimum absolute atomic E-state index is 0.0577. The maximum atomic E-state index is 12.8. The van der Waals surface area contributed by atoms with Gasteiger partial charge in [0, 0.05) is 37.6 Å². The summed E-state index contributed by atoms with van der Waals surface area (Å²) in [6.07, 6.45) is 2.40. The molecule has 7 heteroatoms. The van der Waals surface area contributed by atoms with E-state index in [-0.39, 0.29) is 11.9 Å².